The molecule has 128 valence electrons. The van der Waals surface area contributed by atoms with Gasteiger partial charge in [0, 0.05) is 18.0 Å². The average molecular weight is 341 g/mol. The van der Waals surface area contributed by atoms with E-state index in [0.717, 1.165) is 23.6 Å². The third-order valence-electron chi connectivity index (χ3n) is 4.65. The van der Waals surface area contributed by atoms with Crippen LogP contribution in [0.3, 0.4) is 0 Å². The predicted octanol–water partition coefficient (Wildman–Crippen LogP) is 3.39. The molecule has 3 aromatic rings. The van der Waals surface area contributed by atoms with Crippen LogP contribution < -0.4 is 10.5 Å². The molecule has 0 amide bonds. The van der Waals surface area contributed by atoms with Crippen LogP contribution in [-0.4, -0.2) is 16.3 Å². The lowest BCUT2D eigenvalue weighted by Crippen LogP contribution is -2.37. The van der Waals surface area contributed by atoms with E-state index in [2.05, 4.69) is 5.10 Å². The van der Waals surface area contributed by atoms with Gasteiger partial charge in [-0.2, -0.15) is 5.10 Å². The van der Waals surface area contributed by atoms with E-state index in [-0.39, 0.29) is 12.2 Å². The van der Waals surface area contributed by atoms with Crippen LogP contribution in [-0.2, 0) is 13.1 Å². The maximum atomic E-state index is 14.3. The monoisotopic (exact) mass is 341 g/mol. The van der Waals surface area contributed by atoms with Gasteiger partial charge in [0.2, 0.25) is 0 Å². The highest BCUT2D eigenvalue weighted by Gasteiger charge is 2.23. The van der Waals surface area contributed by atoms with E-state index in [9.17, 15) is 13.6 Å². The molecule has 0 fully saturated rings. The Morgan fingerprint density at radius 1 is 1.16 bits per heavy atom. The summed E-state index contributed by atoms with van der Waals surface area (Å²) in [6.45, 7) is 2.58. The molecular weight excluding hydrogens is 324 g/mol. The molecule has 25 heavy (non-hydrogen) atoms. The average Bonchev–Trinajstić information content (AvgIpc) is 2.59. The van der Waals surface area contributed by atoms with Crippen LogP contribution in [0.2, 0.25) is 0 Å². The highest BCUT2D eigenvalue weighted by Crippen LogP contribution is 2.31. The Morgan fingerprint density at radius 3 is 2.72 bits per heavy atom. The fraction of sp³-hybridized carbons (Fsp3) is 0.263. The van der Waals surface area contributed by atoms with E-state index >= 15 is 0 Å². The topological polar surface area (TPSA) is 38.1 Å². The van der Waals surface area contributed by atoms with E-state index in [1.165, 1.54) is 10.7 Å². The predicted molar refractivity (Wildman–Crippen MR) is 92.8 cm³/mol. The van der Waals surface area contributed by atoms with Crippen LogP contribution >= 0.6 is 0 Å². The summed E-state index contributed by atoms with van der Waals surface area (Å²) in [5, 5.41) is 5.79. The molecule has 0 saturated heterocycles. The highest BCUT2D eigenvalue weighted by atomic mass is 19.1. The van der Waals surface area contributed by atoms with Gasteiger partial charge in [-0.25, -0.2) is 13.5 Å². The van der Waals surface area contributed by atoms with Crippen LogP contribution in [0.1, 0.15) is 17.7 Å². The third kappa shape index (κ3) is 2.67. The molecule has 0 bridgehead atoms. The molecule has 4 rings (SSSR count). The molecule has 0 atom stereocenters. The van der Waals surface area contributed by atoms with Crippen LogP contribution in [0.25, 0.3) is 10.8 Å². The molecule has 1 aromatic heterocycles. The Balaban J connectivity index is 1.79. The number of aromatic nitrogens is 2. The second-order valence-electron chi connectivity index (χ2n) is 6.34. The third-order valence-corrected chi connectivity index (χ3v) is 4.65. The zero-order chi connectivity index (χ0) is 17.6. The van der Waals surface area contributed by atoms with E-state index in [0.29, 0.717) is 29.6 Å². The van der Waals surface area contributed by atoms with Crippen LogP contribution in [0.4, 0.5) is 14.5 Å². The summed E-state index contributed by atoms with van der Waals surface area (Å²) in [6.07, 6.45) is 1.40. The van der Waals surface area contributed by atoms with Gasteiger partial charge in [0.05, 0.1) is 16.8 Å². The van der Waals surface area contributed by atoms with Crippen molar-refractivity contribution in [1.29, 1.82) is 0 Å². The number of hydrogen-bond acceptors (Lipinski definition) is 3. The SMILES string of the molecule is Cc1nn(CN2CCCc3cc(F)cc(F)c32)c(=O)c2ccccc12. The maximum Gasteiger partial charge on any atom is 0.276 e. The summed E-state index contributed by atoms with van der Waals surface area (Å²) >= 11 is 0. The second kappa shape index (κ2) is 5.95. The van der Waals surface area contributed by atoms with Crippen molar-refractivity contribution in [1.82, 2.24) is 9.78 Å². The van der Waals surface area contributed by atoms with Crippen molar-refractivity contribution in [2.24, 2.45) is 0 Å². The van der Waals surface area contributed by atoms with Gasteiger partial charge in [-0.1, -0.05) is 18.2 Å². The Labute approximate surface area is 143 Å². The molecule has 0 radical (unpaired) electrons. The molecular formula is C19H17F2N3O. The summed E-state index contributed by atoms with van der Waals surface area (Å²) in [5.74, 6) is -1.17. The lowest BCUT2D eigenvalue weighted by atomic mass is 10.0. The Kier molecular flexibility index (Phi) is 3.75. The van der Waals surface area contributed by atoms with Gasteiger partial charge in [0.1, 0.15) is 18.3 Å². The summed E-state index contributed by atoms with van der Waals surface area (Å²) in [6, 6.07) is 9.56. The lowest BCUT2D eigenvalue weighted by Gasteiger charge is -2.31. The zero-order valence-corrected chi connectivity index (χ0v) is 13.8. The van der Waals surface area contributed by atoms with Crippen LogP contribution in [0.5, 0.6) is 0 Å². The number of halogens is 2. The molecule has 0 spiro atoms. The van der Waals surface area contributed by atoms with E-state index in [4.69, 9.17) is 0 Å². The molecule has 0 N–H and O–H groups in total. The Hall–Kier alpha value is -2.76. The molecule has 2 aromatic carbocycles. The van der Waals surface area contributed by atoms with Crippen molar-refractivity contribution in [3.63, 3.8) is 0 Å². The highest BCUT2D eigenvalue weighted by molar-refractivity contribution is 5.83. The largest absolute Gasteiger partial charge is 0.349 e. The Morgan fingerprint density at radius 2 is 1.92 bits per heavy atom. The molecule has 1 aliphatic heterocycles. The number of nitrogens with zero attached hydrogens (tertiary/aromatic N) is 3. The minimum Gasteiger partial charge on any atom is -0.349 e. The molecule has 4 nitrogen and oxygen atoms in total. The standard InChI is InChI=1S/C19H17F2N3O/c1-12-15-6-2-3-7-16(15)19(25)24(22-12)11-23-8-4-5-13-9-14(20)10-17(21)18(13)23/h2-3,6-7,9-10H,4-5,8,11H2,1H3. The molecule has 6 heteroatoms. The van der Waals surface area contributed by atoms with Crippen molar-refractivity contribution >= 4 is 16.5 Å². The number of rotatable bonds is 2. The molecule has 0 unspecified atom stereocenters. The molecule has 2 heterocycles. The summed E-state index contributed by atoms with van der Waals surface area (Å²) in [7, 11) is 0. The van der Waals surface area contributed by atoms with Crippen molar-refractivity contribution < 1.29 is 8.78 Å². The van der Waals surface area contributed by atoms with Crippen molar-refractivity contribution in [2.75, 3.05) is 11.4 Å². The first-order chi connectivity index (χ1) is 12.0. The smallest absolute Gasteiger partial charge is 0.276 e. The first-order valence-corrected chi connectivity index (χ1v) is 8.24. The van der Waals surface area contributed by atoms with Gasteiger partial charge < -0.3 is 4.90 Å². The normalized spacial score (nSPS) is 14.0. The van der Waals surface area contributed by atoms with Gasteiger partial charge in [-0.05, 0) is 37.5 Å². The number of benzene rings is 2. The number of anilines is 1. The van der Waals surface area contributed by atoms with Crippen LogP contribution in [0, 0.1) is 18.6 Å². The summed E-state index contributed by atoms with van der Waals surface area (Å²) < 4.78 is 29.2. The number of aryl methyl sites for hydroxylation is 2. The molecule has 0 saturated carbocycles. The van der Waals surface area contributed by atoms with Crippen molar-refractivity contribution in [2.45, 2.75) is 26.4 Å². The van der Waals surface area contributed by atoms with Crippen LogP contribution in [0.15, 0.2) is 41.2 Å². The van der Waals surface area contributed by atoms with Gasteiger partial charge in [-0.15, -0.1) is 0 Å². The molecule has 0 aliphatic carbocycles. The zero-order valence-electron chi connectivity index (χ0n) is 13.8. The molecule has 1 aliphatic rings. The summed E-state index contributed by atoms with van der Waals surface area (Å²) in [4.78, 5) is 14.5. The maximum absolute atomic E-state index is 14.3. The fourth-order valence-electron chi connectivity index (χ4n) is 3.54. The number of hydrogen-bond donors (Lipinski definition) is 0. The lowest BCUT2D eigenvalue weighted by molar-refractivity contribution is 0.507. The van der Waals surface area contributed by atoms with Gasteiger partial charge in [0.15, 0.2) is 0 Å². The van der Waals surface area contributed by atoms with E-state index < -0.39 is 11.6 Å². The first-order valence-electron chi connectivity index (χ1n) is 8.24. The Bertz CT molecular complexity index is 1030. The minimum atomic E-state index is -0.597. The van der Waals surface area contributed by atoms with Gasteiger partial charge >= 0.3 is 0 Å². The minimum absolute atomic E-state index is 0.139. The van der Waals surface area contributed by atoms with E-state index in [1.54, 1.807) is 11.0 Å². The van der Waals surface area contributed by atoms with Crippen molar-refractivity contribution in [3.8, 4) is 0 Å². The summed E-state index contributed by atoms with van der Waals surface area (Å²) in [5.41, 5.74) is 1.53. The fourth-order valence-corrected chi connectivity index (χ4v) is 3.54. The quantitative estimate of drug-likeness (QED) is 0.717. The van der Waals surface area contributed by atoms with E-state index in [1.807, 2.05) is 25.1 Å². The van der Waals surface area contributed by atoms with Crippen molar-refractivity contribution in [3.05, 3.63) is 69.6 Å². The second-order valence-corrected chi connectivity index (χ2v) is 6.34. The number of fused-ring (bicyclic) bond motifs is 2. The first kappa shape index (κ1) is 15.7. The van der Waals surface area contributed by atoms with Gasteiger partial charge in [-0.3, -0.25) is 4.79 Å². The van der Waals surface area contributed by atoms with Gasteiger partial charge in [0.25, 0.3) is 5.56 Å².